The van der Waals surface area contributed by atoms with Crippen molar-refractivity contribution in [2.24, 2.45) is 0 Å². The van der Waals surface area contributed by atoms with Crippen molar-refractivity contribution in [3.05, 3.63) is 51.1 Å². The number of rotatable bonds is 3. The lowest BCUT2D eigenvalue weighted by molar-refractivity contribution is -0.384. The first kappa shape index (κ1) is 13.3. The van der Waals surface area contributed by atoms with Gasteiger partial charge in [0.15, 0.2) is 0 Å². The summed E-state index contributed by atoms with van der Waals surface area (Å²) in [4.78, 5) is 10.3. The molecule has 4 heteroatoms. The Morgan fingerprint density at radius 3 is 2.65 bits per heavy atom. The summed E-state index contributed by atoms with van der Waals surface area (Å²) in [5, 5.41) is 14.3. The first-order valence-electron chi connectivity index (χ1n) is 7.41. The molecule has 1 aromatic rings. The van der Waals surface area contributed by atoms with Crippen LogP contribution < -0.4 is 5.32 Å². The third-order valence-electron chi connectivity index (χ3n) is 4.45. The van der Waals surface area contributed by atoms with Crippen LogP contribution in [0.15, 0.2) is 35.4 Å². The highest BCUT2D eigenvalue weighted by Gasteiger charge is 2.24. The Labute approximate surface area is 119 Å². The molecular weight excluding hydrogens is 252 g/mol. The molecule has 1 aromatic carbocycles. The summed E-state index contributed by atoms with van der Waals surface area (Å²) in [7, 11) is 0. The number of non-ortho nitro benzene ring substituents is 1. The lowest BCUT2D eigenvalue weighted by atomic mass is 9.81. The van der Waals surface area contributed by atoms with Gasteiger partial charge in [-0.2, -0.15) is 0 Å². The molecule has 1 heterocycles. The zero-order valence-corrected chi connectivity index (χ0v) is 11.6. The van der Waals surface area contributed by atoms with Crippen molar-refractivity contribution in [3.8, 4) is 0 Å². The second kappa shape index (κ2) is 5.75. The third kappa shape index (κ3) is 2.75. The van der Waals surface area contributed by atoms with Gasteiger partial charge in [-0.15, -0.1) is 0 Å². The fourth-order valence-electron chi connectivity index (χ4n) is 3.40. The molecule has 0 saturated heterocycles. The maximum atomic E-state index is 10.7. The molecule has 106 valence electrons. The van der Waals surface area contributed by atoms with E-state index >= 15 is 0 Å². The Balaban J connectivity index is 1.75. The SMILES string of the molecule is O=[N+]([O-])c1ccc(C[C@@H]2NCCC3=C2CCCC3)cc1. The minimum absolute atomic E-state index is 0.169. The topological polar surface area (TPSA) is 55.2 Å². The van der Waals surface area contributed by atoms with E-state index < -0.39 is 0 Å². The predicted molar refractivity (Wildman–Crippen MR) is 78.7 cm³/mol. The maximum Gasteiger partial charge on any atom is 0.269 e. The molecule has 2 aliphatic rings. The van der Waals surface area contributed by atoms with Gasteiger partial charge in [-0.3, -0.25) is 10.1 Å². The molecule has 0 fully saturated rings. The Hall–Kier alpha value is -1.68. The van der Waals surface area contributed by atoms with Crippen molar-refractivity contribution in [2.75, 3.05) is 6.54 Å². The summed E-state index contributed by atoms with van der Waals surface area (Å²) in [6.07, 6.45) is 7.27. The van der Waals surface area contributed by atoms with Gasteiger partial charge in [-0.1, -0.05) is 23.3 Å². The molecule has 0 spiro atoms. The highest BCUT2D eigenvalue weighted by Crippen LogP contribution is 2.32. The highest BCUT2D eigenvalue weighted by molar-refractivity contribution is 5.35. The van der Waals surface area contributed by atoms with Gasteiger partial charge >= 0.3 is 0 Å². The van der Waals surface area contributed by atoms with Gasteiger partial charge in [0.05, 0.1) is 4.92 Å². The van der Waals surface area contributed by atoms with Crippen molar-refractivity contribution in [1.82, 2.24) is 5.32 Å². The van der Waals surface area contributed by atoms with Gasteiger partial charge in [0.25, 0.3) is 5.69 Å². The summed E-state index contributed by atoms with van der Waals surface area (Å²) in [5.41, 5.74) is 4.62. The molecule has 0 unspecified atom stereocenters. The molecule has 1 aliphatic carbocycles. The second-order valence-electron chi connectivity index (χ2n) is 5.72. The summed E-state index contributed by atoms with van der Waals surface area (Å²) in [6, 6.07) is 7.41. The van der Waals surface area contributed by atoms with Gasteiger partial charge in [0, 0.05) is 18.2 Å². The maximum absolute atomic E-state index is 10.7. The molecule has 0 aromatic heterocycles. The van der Waals surface area contributed by atoms with Gasteiger partial charge in [-0.25, -0.2) is 0 Å². The Kier molecular flexibility index (Phi) is 3.83. The van der Waals surface area contributed by atoms with E-state index in [2.05, 4.69) is 5.32 Å². The summed E-state index contributed by atoms with van der Waals surface area (Å²) >= 11 is 0. The quantitative estimate of drug-likeness (QED) is 0.521. The van der Waals surface area contributed by atoms with E-state index in [9.17, 15) is 10.1 Å². The average molecular weight is 272 g/mol. The van der Waals surface area contributed by atoms with Gasteiger partial charge < -0.3 is 5.32 Å². The van der Waals surface area contributed by atoms with Crippen LogP contribution in [0.3, 0.4) is 0 Å². The van der Waals surface area contributed by atoms with E-state index in [-0.39, 0.29) is 10.6 Å². The summed E-state index contributed by atoms with van der Waals surface area (Å²) < 4.78 is 0. The number of hydrogen-bond donors (Lipinski definition) is 1. The standard InChI is InChI=1S/C16H20N2O2/c19-18(20)14-7-5-12(6-8-14)11-16-15-4-2-1-3-13(15)9-10-17-16/h5-8,16-17H,1-4,9-11H2/t16-/m0/s1. The zero-order chi connectivity index (χ0) is 13.9. The second-order valence-corrected chi connectivity index (χ2v) is 5.72. The summed E-state index contributed by atoms with van der Waals surface area (Å²) in [5.74, 6) is 0. The average Bonchev–Trinajstić information content (AvgIpc) is 2.48. The minimum atomic E-state index is -0.343. The van der Waals surface area contributed by atoms with Crippen LogP contribution in [0.2, 0.25) is 0 Å². The van der Waals surface area contributed by atoms with Crippen molar-refractivity contribution in [3.63, 3.8) is 0 Å². The minimum Gasteiger partial charge on any atom is -0.310 e. The number of nitrogens with zero attached hydrogens (tertiary/aromatic N) is 1. The molecule has 1 atom stereocenters. The Morgan fingerprint density at radius 2 is 1.90 bits per heavy atom. The number of hydrogen-bond acceptors (Lipinski definition) is 3. The van der Waals surface area contributed by atoms with Crippen LogP contribution in [0, 0.1) is 10.1 Å². The smallest absolute Gasteiger partial charge is 0.269 e. The molecule has 3 rings (SSSR count). The van der Waals surface area contributed by atoms with Gasteiger partial charge in [0.2, 0.25) is 0 Å². The Morgan fingerprint density at radius 1 is 1.15 bits per heavy atom. The van der Waals surface area contributed by atoms with E-state index in [0.29, 0.717) is 6.04 Å². The van der Waals surface area contributed by atoms with Crippen LogP contribution in [-0.2, 0) is 6.42 Å². The number of nitro groups is 1. The number of nitro benzene ring substituents is 1. The van der Waals surface area contributed by atoms with E-state index in [1.54, 1.807) is 23.3 Å². The lowest BCUT2D eigenvalue weighted by Gasteiger charge is -2.33. The lowest BCUT2D eigenvalue weighted by Crippen LogP contribution is -2.39. The normalized spacial score (nSPS) is 22.5. The number of benzene rings is 1. The van der Waals surface area contributed by atoms with Crippen LogP contribution in [-0.4, -0.2) is 17.5 Å². The third-order valence-corrected chi connectivity index (χ3v) is 4.45. The van der Waals surface area contributed by atoms with Crippen LogP contribution in [0.5, 0.6) is 0 Å². The fraction of sp³-hybridized carbons (Fsp3) is 0.500. The largest absolute Gasteiger partial charge is 0.310 e. The molecular formula is C16H20N2O2. The Bertz CT molecular complexity index is 530. The molecule has 0 saturated carbocycles. The van der Waals surface area contributed by atoms with Crippen molar-refractivity contribution < 1.29 is 4.92 Å². The van der Waals surface area contributed by atoms with Crippen molar-refractivity contribution in [2.45, 2.75) is 44.6 Å². The van der Waals surface area contributed by atoms with E-state index in [0.717, 1.165) is 13.0 Å². The van der Waals surface area contributed by atoms with Crippen molar-refractivity contribution >= 4 is 5.69 Å². The van der Waals surface area contributed by atoms with Crippen LogP contribution >= 0.6 is 0 Å². The van der Waals surface area contributed by atoms with Gasteiger partial charge in [-0.05, 0) is 50.6 Å². The summed E-state index contributed by atoms with van der Waals surface area (Å²) in [6.45, 7) is 1.07. The van der Waals surface area contributed by atoms with Gasteiger partial charge in [0.1, 0.15) is 0 Å². The molecule has 1 aliphatic heterocycles. The predicted octanol–water partition coefficient (Wildman–Crippen LogP) is 3.37. The van der Waals surface area contributed by atoms with E-state index in [1.165, 1.54) is 37.7 Å². The first-order chi connectivity index (χ1) is 9.74. The highest BCUT2D eigenvalue weighted by atomic mass is 16.6. The molecule has 0 radical (unpaired) electrons. The van der Waals surface area contributed by atoms with Crippen molar-refractivity contribution in [1.29, 1.82) is 0 Å². The molecule has 0 amide bonds. The number of nitrogens with one attached hydrogen (secondary N) is 1. The molecule has 20 heavy (non-hydrogen) atoms. The fourth-order valence-corrected chi connectivity index (χ4v) is 3.40. The van der Waals surface area contributed by atoms with E-state index in [1.807, 2.05) is 12.1 Å². The van der Waals surface area contributed by atoms with Crippen LogP contribution in [0.4, 0.5) is 5.69 Å². The first-order valence-corrected chi connectivity index (χ1v) is 7.41. The monoisotopic (exact) mass is 272 g/mol. The van der Waals surface area contributed by atoms with Crippen LogP contribution in [0.1, 0.15) is 37.7 Å². The zero-order valence-electron chi connectivity index (χ0n) is 11.6. The van der Waals surface area contributed by atoms with Crippen LogP contribution in [0.25, 0.3) is 0 Å². The molecule has 1 N–H and O–H groups in total. The molecule has 4 nitrogen and oxygen atoms in total. The van der Waals surface area contributed by atoms with E-state index in [4.69, 9.17) is 0 Å². The molecule has 0 bridgehead atoms.